The Morgan fingerprint density at radius 3 is 2.56 bits per heavy atom. The van der Waals surface area contributed by atoms with Crippen molar-refractivity contribution >= 4 is 0 Å². The van der Waals surface area contributed by atoms with Crippen molar-refractivity contribution in [2.75, 3.05) is 33.7 Å². The summed E-state index contributed by atoms with van der Waals surface area (Å²) in [5.74, 6) is 0. The lowest BCUT2D eigenvalue weighted by molar-refractivity contribution is 0.0170. The Kier molecular flexibility index (Phi) is 3.88. The minimum Gasteiger partial charge on any atom is -0.329 e. The first-order valence-electron chi connectivity index (χ1n) is 6.79. The van der Waals surface area contributed by atoms with Gasteiger partial charge in [-0.25, -0.2) is 0 Å². The van der Waals surface area contributed by atoms with Gasteiger partial charge in [0.25, 0.3) is 0 Å². The smallest absolute Gasteiger partial charge is 0.0458 e. The topological polar surface area (TPSA) is 32.5 Å². The lowest BCUT2D eigenvalue weighted by Gasteiger charge is -2.49. The zero-order valence-electron chi connectivity index (χ0n) is 10.9. The van der Waals surface area contributed by atoms with E-state index in [1.54, 1.807) is 0 Å². The molecule has 2 N–H and O–H groups in total. The maximum absolute atomic E-state index is 6.10. The van der Waals surface area contributed by atoms with E-state index in [2.05, 4.69) is 23.9 Å². The van der Waals surface area contributed by atoms with Gasteiger partial charge in [-0.05, 0) is 46.3 Å². The third-order valence-corrected chi connectivity index (χ3v) is 4.75. The summed E-state index contributed by atoms with van der Waals surface area (Å²) in [4.78, 5) is 5.07. The first-order valence-corrected chi connectivity index (χ1v) is 6.79. The first kappa shape index (κ1) is 12.3. The maximum Gasteiger partial charge on any atom is 0.0458 e. The van der Waals surface area contributed by atoms with Crippen molar-refractivity contribution in [2.24, 2.45) is 5.73 Å². The Hall–Kier alpha value is -0.120. The van der Waals surface area contributed by atoms with E-state index in [9.17, 15) is 0 Å². The van der Waals surface area contributed by atoms with E-state index in [0.717, 1.165) is 19.1 Å². The number of nitrogens with zero attached hydrogens (tertiary/aromatic N) is 2. The van der Waals surface area contributed by atoms with Crippen LogP contribution in [0.4, 0.5) is 0 Å². The van der Waals surface area contributed by atoms with Gasteiger partial charge in [0, 0.05) is 24.7 Å². The van der Waals surface area contributed by atoms with Crippen LogP contribution in [0.25, 0.3) is 0 Å². The third-order valence-electron chi connectivity index (χ3n) is 4.75. The molecule has 16 heavy (non-hydrogen) atoms. The Morgan fingerprint density at radius 2 is 2.00 bits per heavy atom. The number of likely N-dealkylation sites (N-methyl/N-ethyl adjacent to an activating group) is 2. The number of nitrogens with two attached hydrogens (primary N) is 1. The van der Waals surface area contributed by atoms with Crippen molar-refractivity contribution in [2.45, 2.75) is 50.1 Å². The molecular formula is C13H27N3. The molecule has 0 spiro atoms. The Morgan fingerprint density at radius 1 is 1.31 bits per heavy atom. The molecule has 1 unspecified atom stereocenters. The second-order valence-corrected chi connectivity index (χ2v) is 5.82. The molecule has 2 rings (SSSR count). The summed E-state index contributed by atoms with van der Waals surface area (Å²) in [6.07, 6.45) is 8.15. The summed E-state index contributed by atoms with van der Waals surface area (Å²) < 4.78 is 0. The highest BCUT2D eigenvalue weighted by atomic mass is 15.3. The van der Waals surface area contributed by atoms with Gasteiger partial charge in [-0.1, -0.05) is 12.8 Å². The molecule has 2 fully saturated rings. The van der Waals surface area contributed by atoms with Gasteiger partial charge in [-0.2, -0.15) is 0 Å². The third kappa shape index (κ3) is 2.27. The molecule has 1 aliphatic carbocycles. The minimum absolute atomic E-state index is 0.252. The van der Waals surface area contributed by atoms with Gasteiger partial charge < -0.3 is 10.6 Å². The second-order valence-electron chi connectivity index (χ2n) is 5.82. The van der Waals surface area contributed by atoms with Crippen LogP contribution >= 0.6 is 0 Å². The largest absolute Gasteiger partial charge is 0.329 e. The van der Waals surface area contributed by atoms with E-state index in [1.165, 1.54) is 45.1 Å². The summed E-state index contributed by atoms with van der Waals surface area (Å²) in [6.45, 7) is 3.20. The first-order chi connectivity index (χ1) is 7.68. The van der Waals surface area contributed by atoms with E-state index in [-0.39, 0.29) is 5.54 Å². The molecule has 1 saturated carbocycles. The number of rotatable bonds is 3. The molecule has 0 radical (unpaired) electrons. The Balaban J connectivity index is 2.06. The zero-order chi connectivity index (χ0) is 11.6. The van der Waals surface area contributed by atoms with Gasteiger partial charge in [-0.15, -0.1) is 0 Å². The van der Waals surface area contributed by atoms with Crippen molar-refractivity contribution < 1.29 is 0 Å². The summed E-state index contributed by atoms with van der Waals surface area (Å²) in [6, 6.07) is 0.787. The van der Waals surface area contributed by atoms with E-state index in [4.69, 9.17) is 5.73 Å². The molecule has 1 saturated heterocycles. The summed E-state index contributed by atoms with van der Waals surface area (Å²) in [5, 5.41) is 0. The van der Waals surface area contributed by atoms with Gasteiger partial charge in [0.2, 0.25) is 0 Å². The van der Waals surface area contributed by atoms with Crippen LogP contribution in [-0.4, -0.2) is 55.1 Å². The molecule has 1 atom stereocenters. The van der Waals surface area contributed by atoms with Crippen LogP contribution in [0.1, 0.15) is 38.5 Å². The van der Waals surface area contributed by atoms with Crippen LogP contribution in [0.15, 0.2) is 0 Å². The van der Waals surface area contributed by atoms with Gasteiger partial charge in [0.15, 0.2) is 0 Å². The van der Waals surface area contributed by atoms with Crippen LogP contribution in [0.2, 0.25) is 0 Å². The lowest BCUT2D eigenvalue weighted by atomic mass is 9.86. The number of hydrogen-bond acceptors (Lipinski definition) is 3. The normalized spacial score (nSPS) is 33.8. The van der Waals surface area contributed by atoms with E-state index < -0.39 is 0 Å². The van der Waals surface area contributed by atoms with Gasteiger partial charge in [-0.3, -0.25) is 4.90 Å². The summed E-state index contributed by atoms with van der Waals surface area (Å²) in [7, 11) is 4.54. The van der Waals surface area contributed by atoms with E-state index >= 15 is 0 Å². The summed E-state index contributed by atoms with van der Waals surface area (Å²) in [5.41, 5.74) is 6.35. The fourth-order valence-corrected chi connectivity index (χ4v) is 3.62. The summed E-state index contributed by atoms with van der Waals surface area (Å²) >= 11 is 0. The van der Waals surface area contributed by atoms with Crippen molar-refractivity contribution in [3.63, 3.8) is 0 Å². The highest BCUT2D eigenvalue weighted by Gasteiger charge is 2.40. The van der Waals surface area contributed by atoms with Gasteiger partial charge in [0.05, 0.1) is 0 Å². The molecule has 3 heteroatoms. The molecule has 1 heterocycles. The lowest BCUT2D eigenvalue weighted by Crippen LogP contribution is -2.62. The molecular weight excluding hydrogens is 198 g/mol. The number of piperidine rings is 1. The van der Waals surface area contributed by atoms with Gasteiger partial charge in [0.1, 0.15) is 0 Å². The predicted molar refractivity (Wildman–Crippen MR) is 68.5 cm³/mol. The SMILES string of the molecule is CN1CCCC(CN)(N(C)C2CCCC2)C1. The molecule has 0 aromatic rings. The molecule has 94 valence electrons. The number of likely N-dealkylation sites (tertiary alicyclic amines) is 1. The monoisotopic (exact) mass is 225 g/mol. The van der Waals surface area contributed by atoms with Crippen molar-refractivity contribution in [1.82, 2.24) is 9.80 Å². The molecule has 2 aliphatic rings. The average molecular weight is 225 g/mol. The molecule has 0 aromatic heterocycles. The molecule has 3 nitrogen and oxygen atoms in total. The van der Waals surface area contributed by atoms with E-state index in [1.807, 2.05) is 0 Å². The van der Waals surface area contributed by atoms with Crippen LogP contribution in [0, 0.1) is 0 Å². The van der Waals surface area contributed by atoms with Crippen molar-refractivity contribution in [1.29, 1.82) is 0 Å². The number of hydrogen-bond donors (Lipinski definition) is 1. The van der Waals surface area contributed by atoms with Crippen LogP contribution in [0.5, 0.6) is 0 Å². The average Bonchev–Trinajstić information content (AvgIpc) is 2.81. The van der Waals surface area contributed by atoms with Crippen molar-refractivity contribution in [3.8, 4) is 0 Å². The van der Waals surface area contributed by atoms with E-state index in [0.29, 0.717) is 0 Å². The van der Waals surface area contributed by atoms with Crippen molar-refractivity contribution in [3.05, 3.63) is 0 Å². The highest BCUT2D eigenvalue weighted by Crippen LogP contribution is 2.32. The predicted octanol–water partition coefficient (Wildman–Crippen LogP) is 1.28. The maximum atomic E-state index is 6.10. The molecule has 0 aromatic carbocycles. The molecule has 1 aliphatic heterocycles. The molecule has 0 amide bonds. The quantitative estimate of drug-likeness (QED) is 0.785. The fourth-order valence-electron chi connectivity index (χ4n) is 3.62. The van der Waals surface area contributed by atoms with Crippen LogP contribution in [-0.2, 0) is 0 Å². The van der Waals surface area contributed by atoms with Gasteiger partial charge >= 0.3 is 0 Å². The zero-order valence-corrected chi connectivity index (χ0v) is 10.9. The second kappa shape index (κ2) is 5.03. The molecule has 0 bridgehead atoms. The standard InChI is InChI=1S/C13H27N3/c1-15-9-5-8-13(10-14,11-15)16(2)12-6-3-4-7-12/h12H,3-11,14H2,1-2H3. The van der Waals surface area contributed by atoms with Crippen LogP contribution in [0.3, 0.4) is 0 Å². The fraction of sp³-hybridized carbons (Fsp3) is 1.00. The Labute approximate surface area is 100.0 Å². The minimum atomic E-state index is 0.252. The highest BCUT2D eigenvalue weighted by molar-refractivity contribution is 4.98. The Bertz CT molecular complexity index is 225. The van der Waals surface area contributed by atoms with Crippen LogP contribution < -0.4 is 5.73 Å².